The third kappa shape index (κ3) is 5.16. The molecule has 144 valence electrons. The van der Waals surface area contributed by atoms with E-state index < -0.39 is 27.8 Å². The van der Waals surface area contributed by atoms with Crippen molar-refractivity contribution in [1.29, 1.82) is 0 Å². The zero-order valence-electron chi connectivity index (χ0n) is 14.8. The summed E-state index contributed by atoms with van der Waals surface area (Å²) in [4.78, 5) is 25.0. The Morgan fingerprint density at radius 3 is 2.67 bits per heavy atom. The first-order chi connectivity index (χ1) is 12.8. The van der Waals surface area contributed by atoms with Gasteiger partial charge in [0.1, 0.15) is 5.76 Å². The highest BCUT2D eigenvalue weighted by atomic mass is 32.2. The molecule has 1 N–H and O–H groups in total. The van der Waals surface area contributed by atoms with Crippen molar-refractivity contribution in [1.82, 2.24) is 5.16 Å². The predicted octanol–water partition coefficient (Wildman–Crippen LogP) is 2.03. The number of aromatic nitrogens is 1. The van der Waals surface area contributed by atoms with E-state index in [4.69, 9.17) is 9.26 Å². The molecule has 2 heterocycles. The topological polar surface area (TPSA) is 116 Å². The van der Waals surface area contributed by atoms with Gasteiger partial charge in [-0.3, -0.25) is 9.59 Å². The van der Waals surface area contributed by atoms with Crippen LogP contribution in [0.3, 0.4) is 0 Å². The summed E-state index contributed by atoms with van der Waals surface area (Å²) in [5.74, 6) is -0.654. The molecule has 0 aliphatic carbocycles. The van der Waals surface area contributed by atoms with Crippen molar-refractivity contribution in [3.05, 3.63) is 47.7 Å². The van der Waals surface area contributed by atoms with Gasteiger partial charge in [0.2, 0.25) is 6.10 Å². The number of nitrogens with zero attached hydrogens (tertiary/aromatic N) is 1. The van der Waals surface area contributed by atoms with E-state index in [0.717, 1.165) is 0 Å². The first-order valence-corrected chi connectivity index (χ1v) is 10.3. The van der Waals surface area contributed by atoms with Gasteiger partial charge in [0.05, 0.1) is 11.5 Å². The van der Waals surface area contributed by atoms with E-state index in [1.165, 1.54) is 0 Å². The van der Waals surface area contributed by atoms with Crippen LogP contribution in [-0.2, 0) is 24.2 Å². The molecule has 27 heavy (non-hydrogen) atoms. The molecule has 1 aliphatic heterocycles. The maximum atomic E-state index is 12.6. The van der Waals surface area contributed by atoms with Gasteiger partial charge in [0, 0.05) is 18.1 Å². The van der Waals surface area contributed by atoms with Gasteiger partial charge >= 0.3 is 5.97 Å². The highest BCUT2D eigenvalue weighted by molar-refractivity contribution is 7.91. The SMILES string of the molecule is Cc1cc(NC(=O)C(OC(=O)CC2CCS(=O)(=O)C2)c2ccccc2)no1. The van der Waals surface area contributed by atoms with Gasteiger partial charge in [-0.25, -0.2) is 8.42 Å². The van der Waals surface area contributed by atoms with Crippen molar-refractivity contribution in [2.45, 2.75) is 25.9 Å². The third-order valence-electron chi connectivity index (χ3n) is 4.25. The molecule has 0 radical (unpaired) electrons. The van der Waals surface area contributed by atoms with Crippen LogP contribution in [0, 0.1) is 12.8 Å². The highest BCUT2D eigenvalue weighted by Crippen LogP contribution is 2.25. The normalized spacial score (nSPS) is 19.4. The molecule has 0 spiro atoms. The molecule has 2 unspecified atom stereocenters. The number of ether oxygens (including phenoxy) is 1. The molecule has 3 rings (SSSR count). The largest absolute Gasteiger partial charge is 0.447 e. The molecule has 2 aromatic rings. The molecule has 0 saturated carbocycles. The minimum absolute atomic E-state index is 0.0253. The Morgan fingerprint density at radius 1 is 1.33 bits per heavy atom. The lowest BCUT2D eigenvalue weighted by Crippen LogP contribution is -2.26. The fourth-order valence-corrected chi connectivity index (χ4v) is 4.83. The minimum Gasteiger partial charge on any atom is -0.447 e. The van der Waals surface area contributed by atoms with Crippen molar-refractivity contribution in [2.75, 3.05) is 16.8 Å². The Hall–Kier alpha value is -2.68. The predicted molar refractivity (Wildman–Crippen MR) is 96.5 cm³/mol. The number of amides is 1. The average molecular weight is 392 g/mol. The van der Waals surface area contributed by atoms with Gasteiger partial charge in [0.15, 0.2) is 15.7 Å². The van der Waals surface area contributed by atoms with E-state index in [1.807, 2.05) is 0 Å². The second kappa shape index (κ2) is 7.91. The van der Waals surface area contributed by atoms with Crippen molar-refractivity contribution in [2.24, 2.45) is 5.92 Å². The van der Waals surface area contributed by atoms with E-state index in [9.17, 15) is 18.0 Å². The Kier molecular flexibility index (Phi) is 5.59. The monoisotopic (exact) mass is 392 g/mol. The van der Waals surface area contributed by atoms with Crippen LogP contribution < -0.4 is 5.32 Å². The lowest BCUT2D eigenvalue weighted by molar-refractivity contribution is -0.155. The number of carbonyl (C=O) groups is 2. The standard InChI is InChI=1S/C18H20N2O6S/c1-12-9-15(20-26-12)19-18(22)17(14-5-3-2-4-6-14)25-16(21)10-13-7-8-27(23,24)11-13/h2-6,9,13,17H,7-8,10-11H2,1H3,(H,19,20,22). The lowest BCUT2D eigenvalue weighted by atomic mass is 10.1. The van der Waals surface area contributed by atoms with Crippen molar-refractivity contribution in [3.8, 4) is 0 Å². The Labute approximate surface area is 156 Å². The summed E-state index contributed by atoms with van der Waals surface area (Å²) >= 11 is 0. The van der Waals surface area contributed by atoms with Crippen LogP contribution in [0.15, 0.2) is 40.9 Å². The zero-order chi connectivity index (χ0) is 19.4. The van der Waals surface area contributed by atoms with Gasteiger partial charge in [-0.05, 0) is 19.3 Å². The van der Waals surface area contributed by atoms with Gasteiger partial charge in [0.25, 0.3) is 5.91 Å². The van der Waals surface area contributed by atoms with E-state index in [-0.39, 0.29) is 29.7 Å². The van der Waals surface area contributed by atoms with Crippen LogP contribution >= 0.6 is 0 Å². The number of hydrogen-bond acceptors (Lipinski definition) is 7. The first-order valence-electron chi connectivity index (χ1n) is 8.51. The van der Waals surface area contributed by atoms with Crippen molar-refractivity contribution >= 4 is 27.5 Å². The summed E-state index contributed by atoms with van der Waals surface area (Å²) < 4.78 is 33.4. The number of carbonyl (C=O) groups excluding carboxylic acids is 2. The van der Waals surface area contributed by atoms with Crippen molar-refractivity contribution < 1.29 is 27.3 Å². The van der Waals surface area contributed by atoms with Crippen LogP contribution in [0.4, 0.5) is 5.82 Å². The van der Waals surface area contributed by atoms with Gasteiger partial charge < -0.3 is 14.6 Å². The van der Waals surface area contributed by atoms with E-state index in [1.54, 1.807) is 43.3 Å². The van der Waals surface area contributed by atoms with E-state index in [0.29, 0.717) is 17.7 Å². The fourth-order valence-electron chi connectivity index (χ4n) is 2.97. The Bertz CT molecular complexity index is 922. The second-order valence-electron chi connectivity index (χ2n) is 6.57. The number of nitrogens with one attached hydrogen (secondary N) is 1. The highest BCUT2D eigenvalue weighted by Gasteiger charge is 2.32. The maximum absolute atomic E-state index is 12.6. The molecule has 1 aliphatic rings. The summed E-state index contributed by atoms with van der Waals surface area (Å²) in [5, 5.41) is 6.25. The summed E-state index contributed by atoms with van der Waals surface area (Å²) in [6.07, 6.45) is -0.787. The summed E-state index contributed by atoms with van der Waals surface area (Å²) in [7, 11) is -3.08. The van der Waals surface area contributed by atoms with Crippen LogP contribution in [0.5, 0.6) is 0 Å². The number of rotatable bonds is 6. The third-order valence-corrected chi connectivity index (χ3v) is 6.09. The fraction of sp³-hybridized carbons (Fsp3) is 0.389. The van der Waals surface area contributed by atoms with Crippen LogP contribution in [0.2, 0.25) is 0 Å². The van der Waals surface area contributed by atoms with E-state index in [2.05, 4.69) is 10.5 Å². The summed E-state index contributed by atoms with van der Waals surface area (Å²) in [6, 6.07) is 10.1. The Balaban J connectivity index is 1.70. The molecule has 0 bridgehead atoms. The maximum Gasteiger partial charge on any atom is 0.307 e. The van der Waals surface area contributed by atoms with Crippen molar-refractivity contribution in [3.63, 3.8) is 0 Å². The number of sulfone groups is 1. The number of aryl methyl sites for hydroxylation is 1. The van der Waals surface area contributed by atoms with Gasteiger partial charge in [-0.15, -0.1) is 0 Å². The number of hydrogen-bond donors (Lipinski definition) is 1. The molecule has 1 fully saturated rings. The number of anilines is 1. The van der Waals surface area contributed by atoms with Crippen LogP contribution in [-0.4, -0.2) is 37.0 Å². The molecule has 2 atom stereocenters. The van der Waals surface area contributed by atoms with E-state index >= 15 is 0 Å². The summed E-state index contributed by atoms with van der Waals surface area (Å²) in [5.41, 5.74) is 0.502. The summed E-state index contributed by atoms with van der Waals surface area (Å²) in [6.45, 7) is 1.69. The quantitative estimate of drug-likeness (QED) is 0.748. The van der Waals surface area contributed by atoms with Crippen LogP contribution in [0.1, 0.15) is 30.3 Å². The molecule has 1 amide bonds. The van der Waals surface area contributed by atoms with Crippen LogP contribution in [0.25, 0.3) is 0 Å². The van der Waals surface area contributed by atoms with Gasteiger partial charge in [-0.2, -0.15) is 0 Å². The number of benzene rings is 1. The molecule has 8 nitrogen and oxygen atoms in total. The first kappa shape index (κ1) is 19.1. The lowest BCUT2D eigenvalue weighted by Gasteiger charge is -2.18. The molecular formula is C18H20N2O6S. The molecule has 9 heteroatoms. The molecular weight excluding hydrogens is 372 g/mol. The smallest absolute Gasteiger partial charge is 0.307 e. The molecule has 1 saturated heterocycles. The molecule has 1 aromatic carbocycles. The molecule has 1 aromatic heterocycles. The Morgan fingerprint density at radius 2 is 2.07 bits per heavy atom. The zero-order valence-corrected chi connectivity index (χ0v) is 15.6. The number of esters is 1. The van der Waals surface area contributed by atoms with Gasteiger partial charge in [-0.1, -0.05) is 35.5 Å². The second-order valence-corrected chi connectivity index (χ2v) is 8.79. The average Bonchev–Trinajstić information content (AvgIpc) is 3.18. The minimum atomic E-state index is -3.08.